The van der Waals surface area contributed by atoms with Crippen molar-refractivity contribution < 1.29 is 15.0 Å². The molecule has 0 bridgehead atoms. The van der Waals surface area contributed by atoms with Gasteiger partial charge in [0.15, 0.2) is 0 Å². The average molecular weight is 207 g/mol. The lowest BCUT2D eigenvalue weighted by molar-refractivity contribution is -0.139. The highest BCUT2D eigenvalue weighted by Gasteiger charge is 2.39. The Hall–Kier alpha value is -1.39. The topological polar surface area (TPSA) is 69.6 Å². The van der Waals surface area contributed by atoms with Gasteiger partial charge in [-0.3, -0.25) is 4.79 Å². The van der Waals surface area contributed by atoms with Crippen molar-refractivity contribution in [3.63, 3.8) is 0 Å². The maximum atomic E-state index is 11.0. The summed E-state index contributed by atoms with van der Waals surface area (Å²) in [5.74, 6) is -1.27. The quantitative estimate of drug-likeness (QED) is 0.647. The molecule has 0 spiro atoms. The van der Waals surface area contributed by atoms with Gasteiger partial charge in [-0.15, -0.1) is 0 Å². The molecule has 3 N–H and O–H groups in total. The maximum Gasteiger partial charge on any atom is 0.321 e. The van der Waals surface area contributed by atoms with Crippen LogP contribution in [-0.2, 0) is 4.79 Å². The van der Waals surface area contributed by atoms with Gasteiger partial charge in [0.1, 0.15) is 6.04 Å². The summed E-state index contributed by atoms with van der Waals surface area (Å²) in [6.07, 6.45) is -0.631. The number of aliphatic hydroxyl groups excluding tert-OH is 1. The van der Waals surface area contributed by atoms with Gasteiger partial charge in [0.2, 0.25) is 0 Å². The molecule has 1 aliphatic rings. The summed E-state index contributed by atoms with van der Waals surface area (Å²) in [5, 5.41) is 21.5. The highest BCUT2D eigenvalue weighted by atomic mass is 16.4. The van der Waals surface area contributed by atoms with E-state index in [2.05, 4.69) is 5.32 Å². The third kappa shape index (κ3) is 1.86. The summed E-state index contributed by atoms with van der Waals surface area (Å²) in [7, 11) is 0. The van der Waals surface area contributed by atoms with Gasteiger partial charge in [-0.25, -0.2) is 0 Å². The fourth-order valence-electron chi connectivity index (χ4n) is 2.05. The Morgan fingerprint density at radius 3 is 2.60 bits per heavy atom. The van der Waals surface area contributed by atoms with Crippen LogP contribution in [0.4, 0.5) is 0 Å². The number of carbonyl (C=O) groups is 1. The number of hydrogen-bond donors (Lipinski definition) is 3. The Balaban J connectivity index is 2.29. The van der Waals surface area contributed by atoms with Crippen molar-refractivity contribution in [2.75, 3.05) is 6.54 Å². The molecular weight excluding hydrogens is 194 g/mol. The Bertz CT molecular complexity index is 352. The third-order valence-electron chi connectivity index (χ3n) is 2.77. The summed E-state index contributed by atoms with van der Waals surface area (Å²) in [6.45, 7) is 0.330. The molecule has 1 aromatic carbocycles. The predicted molar refractivity (Wildman–Crippen MR) is 54.6 cm³/mol. The molecule has 0 amide bonds. The van der Waals surface area contributed by atoms with Crippen LogP contribution in [0.5, 0.6) is 0 Å². The van der Waals surface area contributed by atoms with Gasteiger partial charge in [0.25, 0.3) is 0 Å². The molecular formula is C11H13NO3. The number of carboxylic acids is 1. The molecule has 0 radical (unpaired) electrons. The Morgan fingerprint density at radius 1 is 1.33 bits per heavy atom. The molecule has 0 aliphatic carbocycles. The van der Waals surface area contributed by atoms with Crippen LogP contribution in [0, 0.1) is 0 Å². The Kier molecular flexibility index (Phi) is 2.70. The molecule has 0 aromatic heterocycles. The fourth-order valence-corrected chi connectivity index (χ4v) is 2.05. The van der Waals surface area contributed by atoms with Crippen molar-refractivity contribution in [2.45, 2.75) is 18.1 Å². The second-order valence-corrected chi connectivity index (χ2v) is 3.73. The minimum Gasteiger partial charge on any atom is -0.480 e. The number of β-amino-alcohol motifs (C(OH)–C–C–N with tert-alkyl or cyclic N) is 1. The lowest BCUT2D eigenvalue weighted by atomic mass is 9.90. The molecule has 1 heterocycles. The first-order chi connectivity index (χ1) is 7.20. The molecule has 2 rings (SSSR count). The fraction of sp³-hybridized carbons (Fsp3) is 0.364. The van der Waals surface area contributed by atoms with E-state index in [1.807, 2.05) is 30.3 Å². The molecule has 80 valence electrons. The smallest absolute Gasteiger partial charge is 0.321 e. The first-order valence-electron chi connectivity index (χ1n) is 4.89. The van der Waals surface area contributed by atoms with Gasteiger partial charge in [-0.1, -0.05) is 30.3 Å². The first-order valence-corrected chi connectivity index (χ1v) is 4.89. The second kappa shape index (κ2) is 4.00. The molecule has 1 fully saturated rings. The molecule has 1 saturated heterocycles. The zero-order valence-corrected chi connectivity index (χ0v) is 8.13. The number of nitrogens with one attached hydrogen (secondary N) is 1. The van der Waals surface area contributed by atoms with Gasteiger partial charge in [0.05, 0.1) is 6.10 Å². The van der Waals surface area contributed by atoms with E-state index in [1.165, 1.54) is 0 Å². The lowest BCUT2D eigenvalue weighted by Gasteiger charge is -2.18. The van der Waals surface area contributed by atoms with E-state index in [4.69, 9.17) is 5.11 Å². The van der Waals surface area contributed by atoms with Gasteiger partial charge in [-0.2, -0.15) is 0 Å². The maximum absolute atomic E-state index is 11.0. The van der Waals surface area contributed by atoms with Crippen LogP contribution in [0.15, 0.2) is 30.3 Å². The van der Waals surface area contributed by atoms with Crippen molar-refractivity contribution in [1.82, 2.24) is 5.32 Å². The van der Waals surface area contributed by atoms with Crippen molar-refractivity contribution in [2.24, 2.45) is 0 Å². The molecule has 0 unspecified atom stereocenters. The number of benzene rings is 1. The average Bonchev–Trinajstić information content (AvgIpc) is 2.61. The van der Waals surface area contributed by atoms with Gasteiger partial charge in [-0.05, 0) is 5.56 Å². The van der Waals surface area contributed by atoms with E-state index in [-0.39, 0.29) is 5.92 Å². The predicted octanol–water partition coefficient (Wildman–Crippen LogP) is 0.187. The zero-order valence-electron chi connectivity index (χ0n) is 8.13. The van der Waals surface area contributed by atoms with E-state index >= 15 is 0 Å². The van der Waals surface area contributed by atoms with E-state index in [1.54, 1.807) is 0 Å². The first kappa shape index (κ1) is 10.1. The summed E-state index contributed by atoms with van der Waals surface area (Å²) < 4.78 is 0. The number of hydrogen-bond acceptors (Lipinski definition) is 3. The van der Waals surface area contributed by atoms with Gasteiger partial charge >= 0.3 is 5.97 Å². The van der Waals surface area contributed by atoms with Crippen LogP contribution in [0.1, 0.15) is 11.5 Å². The molecule has 1 aromatic rings. The number of carboxylic acid groups (broad SMARTS) is 1. The van der Waals surface area contributed by atoms with E-state index < -0.39 is 18.1 Å². The van der Waals surface area contributed by atoms with Crippen LogP contribution in [0.2, 0.25) is 0 Å². The highest BCUT2D eigenvalue weighted by Crippen LogP contribution is 2.27. The number of aliphatic hydroxyl groups is 1. The molecule has 4 heteroatoms. The van der Waals surface area contributed by atoms with Crippen molar-refractivity contribution in [3.05, 3.63) is 35.9 Å². The number of rotatable bonds is 2. The standard InChI is InChI=1S/C11H13NO3/c13-8-6-12-10(11(14)15)9(8)7-4-2-1-3-5-7/h1-5,8-10,12-13H,6H2,(H,14,15)/t8-,9-,10-/m0/s1. The minimum absolute atomic E-state index is 0.330. The molecule has 1 aliphatic heterocycles. The minimum atomic E-state index is -0.916. The Morgan fingerprint density at radius 2 is 2.00 bits per heavy atom. The molecule has 3 atom stereocenters. The molecule has 15 heavy (non-hydrogen) atoms. The lowest BCUT2D eigenvalue weighted by Crippen LogP contribution is -2.35. The highest BCUT2D eigenvalue weighted by molar-refractivity contribution is 5.75. The van der Waals surface area contributed by atoms with E-state index in [9.17, 15) is 9.90 Å². The second-order valence-electron chi connectivity index (χ2n) is 3.73. The largest absolute Gasteiger partial charge is 0.480 e. The third-order valence-corrected chi connectivity index (χ3v) is 2.77. The van der Waals surface area contributed by atoms with Crippen molar-refractivity contribution >= 4 is 5.97 Å². The van der Waals surface area contributed by atoms with E-state index in [0.29, 0.717) is 6.54 Å². The zero-order chi connectivity index (χ0) is 10.8. The van der Waals surface area contributed by atoms with Crippen LogP contribution < -0.4 is 5.32 Å². The van der Waals surface area contributed by atoms with Crippen LogP contribution in [0.25, 0.3) is 0 Å². The van der Waals surface area contributed by atoms with Gasteiger partial charge in [0, 0.05) is 12.5 Å². The monoisotopic (exact) mass is 207 g/mol. The summed E-state index contributed by atoms with van der Waals surface area (Å²) in [4.78, 5) is 11.0. The van der Waals surface area contributed by atoms with Crippen molar-refractivity contribution in [1.29, 1.82) is 0 Å². The van der Waals surface area contributed by atoms with Crippen LogP contribution in [-0.4, -0.2) is 34.9 Å². The number of aliphatic carboxylic acids is 1. The SMILES string of the molecule is O=C(O)[C@H]1NC[C@H](O)[C@@H]1c1ccccc1. The normalized spacial score (nSPS) is 30.3. The van der Waals surface area contributed by atoms with E-state index in [0.717, 1.165) is 5.56 Å². The van der Waals surface area contributed by atoms with Gasteiger partial charge < -0.3 is 15.5 Å². The molecule has 4 nitrogen and oxygen atoms in total. The summed E-state index contributed by atoms with van der Waals surface area (Å²) >= 11 is 0. The van der Waals surface area contributed by atoms with Crippen LogP contribution in [0.3, 0.4) is 0 Å². The van der Waals surface area contributed by atoms with Crippen LogP contribution >= 0.6 is 0 Å². The Labute approximate surface area is 87.6 Å². The summed E-state index contributed by atoms with van der Waals surface area (Å²) in [6, 6.07) is 8.56. The van der Waals surface area contributed by atoms with Crippen molar-refractivity contribution in [3.8, 4) is 0 Å². The summed E-state index contributed by atoms with van der Waals surface area (Å²) in [5.41, 5.74) is 0.863. The molecule has 0 saturated carbocycles.